The normalized spacial score (nSPS) is 16.6. The molecule has 2 atom stereocenters. The fourth-order valence-electron chi connectivity index (χ4n) is 5.30. The van der Waals surface area contributed by atoms with Crippen molar-refractivity contribution >= 4 is 23.2 Å². The Morgan fingerprint density at radius 1 is 1.20 bits per heavy atom. The van der Waals surface area contributed by atoms with Crippen molar-refractivity contribution in [2.45, 2.75) is 66.3 Å². The number of rotatable bonds is 10. The highest BCUT2D eigenvalue weighted by molar-refractivity contribution is 7.10. The van der Waals surface area contributed by atoms with E-state index in [1.807, 2.05) is 17.0 Å². The average Bonchev–Trinajstić information content (AvgIpc) is 3.26. The molecule has 0 aliphatic carbocycles. The Kier molecular flexibility index (Phi) is 9.54. The first kappa shape index (κ1) is 27.4. The fourth-order valence-corrected chi connectivity index (χ4v) is 6.21. The zero-order chi connectivity index (χ0) is 25.6. The Labute approximate surface area is 215 Å². The van der Waals surface area contributed by atoms with Crippen LogP contribution in [0.4, 0.5) is 0 Å². The van der Waals surface area contributed by atoms with Crippen LogP contribution in [0.2, 0.25) is 0 Å². The maximum absolute atomic E-state index is 13.8. The van der Waals surface area contributed by atoms with E-state index in [9.17, 15) is 9.59 Å². The van der Waals surface area contributed by atoms with E-state index in [0.29, 0.717) is 26.1 Å². The van der Waals surface area contributed by atoms with Crippen LogP contribution in [0.1, 0.15) is 74.6 Å². The molecule has 0 radical (unpaired) electrons. The molecule has 2 heterocycles. The molecule has 2 amide bonds. The topological polar surface area (TPSA) is 49.9 Å². The highest BCUT2D eigenvalue weighted by Crippen LogP contribution is 2.39. The van der Waals surface area contributed by atoms with Crippen molar-refractivity contribution in [1.29, 1.82) is 0 Å². The predicted octanol–water partition coefficient (Wildman–Crippen LogP) is 5.86. The smallest absolute Gasteiger partial charge is 0.242 e. The van der Waals surface area contributed by atoms with Gasteiger partial charge in [-0.2, -0.15) is 0 Å². The van der Waals surface area contributed by atoms with Crippen molar-refractivity contribution in [3.05, 3.63) is 57.3 Å². The van der Waals surface area contributed by atoms with Crippen LogP contribution in [0.25, 0.3) is 0 Å². The van der Waals surface area contributed by atoms with E-state index in [0.717, 1.165) is 24.8 Å². The number of amides is 2. The summed E-state index contributed by atoms with van der Waals surface area (Å²) in [7, 11) is 1.67. The van der Waals surface area contributed by atoms with E-state index in [4.69, 9.17) is 4.74 Å². The Morgan fingerprint density at radius 2 is 1.94 bits per heavy atom. The van der Waals surface area contributed by atoms with E-state index in [1.165, 1.54) is 16.0 Å². The molecule has 6 heteroatoms. The molecule has 1 aromatic heterocycles. The van der Waals surface area contributed by atoms with Gasteiger partial charge in [0.05, 0.1) is 12.6 Å². The van der Waals surface area contributed by atoms with Crippen LogP contribution >= 0.6 is 11.3 Å². The van der Waals surface area contributed by atoms with Gasteiger partial charge in [0.2, 0.25) is 11.8 Å². The molecule has 0 bridgehead atoms. The van der Waals surface area contributed by atoms with Gasteiger partial charge in [-0.25, -0.2) is 0 Å². The van der Waals surface area contributed by atoms with Crippen LogP contribution in [0.15, 0.2) is 35.7 Å². The summed E-state index contributed by atoms with van der Waals surface area (Å²) in [6, 6.07) is 10.4. The first-order valence-corrected chi connectivity index (χ1v) is 13.7. The summed E-state index contributed by atoms with van der Waals surface area (Å²) in [6.45, 7) is 12.7. The number of carbonyl (C=O) groups is 2. The first-order chi connectivity index (χ1) is 16.6. The number of methoxy groups -OCH3 is 1. The summed E-state index contributed by atoms with van der Waals surface area (Å²) in [4.78, 5) is 32.2. The lowest BCUT2D eigenvalue weighted by Crippen LogP contribution is -2.47. The number of thiophene rings is 1. The first-order valence-electron chi connectivity index (χ1n) is 12.8. The van der Waals surface area contributed by atoms with Gasteiger partial charge in [-0.05, 0) is 65.7 Å². The van der Waals surface area contributed by atoms with Gasteiger partial charge in [-0.1, -0.05) is 52.0 Å². The van der Waals surface area contributed by atoms with Gasteiger partial charge in [-0.15, -0.1) is 11.3 Å². The van der Waals surface area contributed by atoms with E-state index in [2.05, 4.69) is 58.2 Å². The van der Waals surface area contributed by atoms with Gasteiger partial charge >= 0.3 is 0 Å². The lowest BCUT2D eigenvalue weighted by Gasteiger charge is -2.38. The minimum Gasteiger partial charge on any atom is -0.385 e. The molecule has 0 saturated carbocycles. The third-order valence-corrected chi connectivity index (χ3v) is 7.71. The maximum Gasteiger partial charge on any atom is 0.242 e. The van der Waals surface area contributed by atoms with E-state index in [-0.39, 0.29) is 35.7 Å². The van der Waals surface area contributed by atoms with E-state index in [1.54, 1.807) is 23.3 Å². The van der Waals surface area contributed by atoms with Crippen LogP contribution in [0.5, 0.6) is 0 Å². The number of benzene rings is 1. The molecule has 0 fully saturated rings. The zero-order valence-corrected chi connectivity index (χ0v) is 23.1. The summed E-state index contributed by atoms with van der Waals surface area (Å²) >= 11 is 1.77. The van der Waals surface area contributed by atoms with Gasteiger partial charge in [0.1, 0.15) is 0 Å². The highest BCUT2D eigenvalue weighted by Gasteiger charge is 2.34. The van der Waals surface area contributed by atoms with Crippen molar-refractivity contribution in [2.24, 2.45) is 11.3 Å². The van der Waals surface area contributed by atoms with Crippen LogP contribution in [0.3, 0.4) is 0 Å². The van der Waals surface area contributed by atoms with Crippen LogP contribution in [0, 0.1) is 18.3 Å². The predicted molar refractivity (Wildman–Crippen MR) is 144 cm³/mol. The summed E-state index contributed by atoms with van der Waals surface area (Å²) in [5.41, 5.74) is 3.73. The molecule has 1 aliphatic rings. The molecule has 3 rings (SSSR count). The Morgan fingerprint density at radius 3 is 2.63 bits per heavy atom. The number of fused-ring (bicyclic) bond motifs is 1. The number of carbonyl (C=O) groups excluding carboxylic acids is 2. The molecule has 5 nitrogen and oxygen atoms in total. The van der Waals surface area contributed by atoms with Crippen LogP contribution in [-0.4, -0.2) is 55.0 Å². The molecule has 1 aliphatic heterocycles. The monoisotopic (exact) mass is 498 g/mol. The number of hydrogen-bond acceptors (Lipinski definition) is 4. The average molecular weight is 499 g/mol. The lowest BCUT2D eigenvalue weighted by atomic mass is 9.84. The van der Waals surface area contributed by atoms with Crippen LogP contribution in [-0.2, 0) is 20.7 Å². The van der Waals surface area contributed by atoms with Crippen molar-refractivity contribution in [1.82, 2.24) is 9.80 Å². The van der Waals surface area contributed by atoms with Crippen molar-refractivity contribution in [2.75, 3.05) is 33.4 Å². The number of hydrogen-bond donors (Lipinski definition) is 0. The molecule has 2 aromatic rings. The molecule has 0 N–H and O–H groups in total. The molecule has 192 valence electrons. The van der Waals surface area contributed by atoms with E-state index >= 15 is 0 Å². The number of aryl methyl sites for hydroxylation is 1. The molecule has 1 aromatic carbocycles. The zero-order valence-electron chi connectivity index (χ0n) is 22.3. The highest BCUT2D eigenvalue weighted by atomic mass is 32.1. The Balaban J connectivity index is 1.80. The minimum atomic E-state index is -0.102. The van der Waals surface area contributed by atoms with Gasteiger partial charge in [0, 0.05) is 38.1 Å². The Bertz CT molecular complexity index is 994. The summed E-state index contributed by atoms with van der Waals surface area (Å²) in [5, 5.41) is 2.13. The number of ether oxygens (including phenoxy) is 1. The van der Waals surface area contributed by atoms with Crippen molar-refractivity contribution < 1.29 is 14.3 Å². The second kappa shape index (κ2) is 12.2. The lowest BCUT2D eigenvalue weighted by molar-refractivity contribution is -0.142. The Hall–Kier alpha value is -2.18. The second-order valence-corrected chi connectivity index (χ2v) is 12.1. The third-order valence-electron chi connectivity index (χ3n) is 6.71. The van der Waals surface area contributed by atoms with Crippen molar-refractivity contribution in [3.8, 4) is 0 Å². The quantitative estimate of drug-likeness (QED) is 0.386. The summed E-state index contributed by atoms with van der Waals surface area (Å²) in [6.07, 6.45) is 3.02. The molecule has 35 heavy (non-hydrogen) atoms. The SMILES string of the molecule is COCCCN(CC(=O)N1CCc2sccc2C1c1ccccc1C)C(=O)CC(C)CC(C)(C)C. The number of nitrogens with zero attached hydrogens (tertiary/aromatic N) is 2. The van der Waals surface area contributed by atoms with Gasteiger partial charge in [-0.3, -0.25) is 9.59 Å². The van der Waals surface area contributed by atoms with E-state index < -0.39 is 0 Å². The molecular weight excluding hydrogens is 456 g/mol. The molecule has 0 spiro atoms. The standard InChI is InChI=1S/C29H42N2O3S/c1-21(19-29(3,4)5)18-26(32)30(14-9-16-34-6)20-27(33)31-15-12-25-24(13-17-35-25)28(31)23-11-8-7-10-22(23)2/h7-8,10-11,13,17,21,28H,9,12,14-16,18-20H2,1-6H3. The summed E-state index contributed by atoms with van der Waals surface area (Å²) < 4.78 is 5.23. The summed E-state index contributed by atoms with van der Waals surface area (Å²) in [5.74, 6) is 0.349. The van der Waals surface area contributed by atoms with Gasteiger partial charge < -0.3 is 14.5 Å². The largest absolute Gasteiger partial charge is 0.385 e. The minimum absolute atomic E-state index is 0.0179. The second-order valence-electron chi connectivity index (χ2n) is 11.1. The maximum atomic E-state index is 13.8. The molecular formula is C29H42N2O3S. The van der Waals surface area contributed by atoms with Crippen LogP contribution < -0.4 is 0 Å². The molecule has 0 saturated heterocycles. The fraction of sp³-hybridized carbons (Fsp3) is 0.586. The van der Waals surface area contributed by atoms with Crippen molar-refractivity contribution in [3.63, 3.8) is 0 Å². The van der Waals surface area contributed by atoms with Gasteiger partial charge in [0.25, 0.3) is 0 Å². The third kappa shape index (κ3) is 7.40. The van der Waals surface area contributed by atoms with Gasteiger partial charge in [0.15, 0.2) is 0 Å². The molecule has 2 unspecified atom stereocenters.